The number of hydrogen-bond acceptors (Lipinski definition) is 3. The molecule has 0 bridgehead atoms. The van der Waals surface area contributed by atoms with Gasteiger partial charge in [-0.3, -0.25) is 0 Å². The van der Waals surface area contributed by atoms with Gasteiger partial charge in [0, 0.05) is 24.9 Å². The molecular weight excluding hydrogens is 284 g/mol. The van der Waals surface area contributed by atoms with Crippen molar-refractivity contribution in [1.29, 1.82) is 0 Å². The summed E-state index contributed by atoms with van der Waals surface area (Å²) in [6, 6.07) is 21.3. The van der Waals surface area contributed by atoms with E-state index in [9.17, 15) is 0 Å². The molecule has 0 saturated carbocycles. The van der Waals surface area contributed by atoms with E-state index < -0.39 is 0 Å². The minimum Gasteiger partial charge on any atom is -0.378 e. The molecule has 0 amide bonds. The molecule has 0 aliphatic carbocycles. The second-order valence-electron chi connectivity index (χ2n) is 5.91. The van der Waals surface area contributed by atoms with Crippen molar-refractivity contribution in [3.05, 3.63) is 71.9 Å². The highest BCUT2D eigenvalue weighted by Crippen LogP contribution is 2.25. The highest BCUT2D eigenvalue weighted by atomic mass is 16.5. The quantitative estimate of drug-likeness (QED) is 0.738. The lowest BCUT2D eigenvalue weighted by Gasteiger charge is -2.28. The zero-order valence-electron chi connectivity index (χ0n) is 13.1. The summed E-state index contributed by atoms with van der Waals surface area (Å²) in [5.41, 5.74) is 2.44. The number of ether oxygens (including phenoxy) is 1. The molecule has 0 radical (unpaired) electrons. The first-order valence-corrected chi connectivity index (χ1v) is 8.15. The van der Waals surface area contributed by atoms with Crippen molar-refractivity contribution < 1.29 is 4.74 Å². The third-order valence-electron chi connectivity index (χ3n) is 4.36. The molecule has 2 aromatic carbocycles. The number of anilines is 1. The lowest BCUT2D eigenvalue weighted by molar-refractivity contribution is 0.122. The molecular formula is C20H20N2O. The first-order chi connectivity index (χ1) is 11.4. The predicted octanol–water partition coefficient (Wildman–Crippen LogP) is 3.66. The van der Waals surface area contributed by atoms with Gasteiger partial charge >= 0.3 is 0 Å². The Bertz CT molecular complexity index is 795. The largest absolute Gasteiger partial charge is 0.378 e. The summed E-state index contributed by atoms with van der Waals surface area (Å²) in [7, 11) is 0. The van der Waals surface area contributed by atoms with Gasteiger partial charge in [-0.2, -0.15) is 0 Å². The van der Waals surface area contributed by atoms with Crippen LogP contribution in [0.1, 0.15) is 11.3 Å². The van der Waals surface area contributed by atoms with Crippen LogP contribution in [0.4, 0.5) is 5.82 Å². The van der Waals surface area contributed by atoms with E-state index >= 15 is 0 Å². The van der Waals surface area contributed by atoms with Gasteiger partial charge in [0.15, 0.2) is 0 Å². The molecule has 0 spiro atoms. The maximum absolute atomic E-state index is 5.47. The van der Waals surface area contributed by atoms with Crippen LogP contribution in [0.3, 0.4) is 0 Å². The van der Waals surface area contributed by atoms with Crippen molar-refractivity contribution in [3.8, 4) is 0 Å². The van der Waals surface area contributed by atoms with Gasteiger partial charge in [-0.25, -0.2) is 4.98 Å². The highest BCUT2D eigenvalue weighted by Gasteiger charge is 2.15. The second kappa shape index (κ2) is 6.39. The van der Waals surface area contributed by atoms with Crippen molar-refractivity contribution in [2.45, 2.75) is 6.42 Å². The van der Waals surface area contributed by atoms with E-state index in [-0.39, 0.29) is 0 Å². The number of morpholine rings is 1. The topological polar surface area (TPSA) is 25.4 Å². The lowest BCUT2D eigenvalue weighted by atomic mass is 10.0. The summed E-state index contributed by atoms with van der Waals surface area (Å²) in [5, 5.41) is 2.50. The average molecular weight is 304 g/mol. The number of nitrogens with zero attached hydrogens (tertiary/aromatic N) is 2. The molecule has 0 unspecified atom stereocenters. The monoisotopic (exact) mass is 304 g/mol. The standard InChI is InChI=1S/C20H20N2O/c1-2-6-16(7-3-1)14-19-18-9-5-4-8-17(18)15-20(21-19)22-10-12-23-13-11-22/h1-9,15H,10-14H2. The lowest BCUT2D eigenvalue weighted by Crippen LogP contribution is -2.36. The average Bonchev–Trinajstić information content (AvgIpc) is 2.63. The van der Waals surface area contributed by atoms with Gasteiger partial charge in [0.25, 0.3) is 0 Å². The molecule has 3 nitrogen and oxygen atoms in total. The van der Waals surface area contributed by atoms with Gasteiger partial charge in [0.2, 0.25) is 0 Å². The molecule has 116 valence electrons. The number of fused-ring (bicyclic) bond motifs is 1. The first kappa shape index (κ1) is 14.2. The molecule has 0 N–H and O–H groups in total. The van der Waals surface area contributed by atoms with Gasteiger partial charge in [0.05, 0.1) is 18.9 Å². The summed E-state index contributed by atoms with van der Waals surface area (Å²) in [6.45, 7) is 3.39. The Hall–Kier alpha value is -2.39. The van der Waals surface area contributed by atoms with Crippen molar-refractivity contribution in [2.24, 2.45) is 0 Å². The van der Waals surface area contributed by atoms with Crippen molar-refractivity contribution >= 4 is 16.6 Å². The SMILES string of the molecule is c1ccc(Cc2nc(N3CCOCC3)cc3ccccc23)cc1. The number of benzene rings is 2. The van der Waals surface area contributed by atoms with Crippen LogP contribution in [0.15, 0.2) is 60.7 Å². The fourth-order valence-corrected chi connectivity index (χ4v) is 3.13. The molecule has 1 fully saturated rings. The van der Waals surface area contributed by atoms with Crippen LogP contribution in [0.25, 0.3) is 10.8 Å². The molecule has 1 saturated heterocycles. The van der Waals surface area contributed by atoms with Crippen LogP contribution in [-0.4, -0.2) is 31.3 Å². The fraction of sp³-hybridized carbons (Fsp3) is 0.250. The molecule has 1 aromatic heterocycles. The molecule has 3 heteroatoms. The van der Waals surface area contributed by atoms with Crippen LogP contribution in [0, 0.1) is 0 Å². The molecule has 3 aromatic rings. The zero-order chi connectivity index (χ0) is 15.5. The Labute approximate surface area is 136 Å². The molecule has 4 rings (SSSR count). The van der Waals surface area contributed by atoms with Crippen molar-refractivity contribution in [1.82, 2.24) is 4.98 Å². The number of hydrogen-bond donors (Lipinski definition) is 0. The number of rotatable bonds is 3. The van der Waals surface area contributed by atoms with E-state index in [2.05, 4.69) is 65.6 Å². The normalized spacial score (nSPS) is 15.0. The molecule has 23 heavy (non-hydrogen) atoms. The van der Waals surface area contributed by atoms with Gasteiger partial charge < -0.3 is 9.64 Å². The van der Waals surface area contributed by atoms with E-state index in [0.717, 1.165) is 44.2 Å². The van der Waals surface area contributed by atoms with Crippen LogP contribution < -0.4 is 4.90 Å². The predicted molar refractivity (Wildman–Crippen MR) is 94.0 cm³/mol. The fourth-order valence-electron chi connectivity index (χ4n) is 3.13. The Morgan fingerprint density at radius 3 is 2.48 bits per heavy atom. The van der Waals surface area contributed by atoms with Crippen LogP contribution in [-0.2, 0) is 11.2 Å². The minimum absolute atomic E-state index is 0.780. The van der Waals surface area contributed by atoms with E-state index in [1.54, 1.807) is 0 Å². The van der Waals surface area contributed by atoms with E-state index in [1.165, 1.54) is 16.3 Å². The van der Waals surface area contributed by atoms with Crippen LogP contribution in [0.5, 0.6) is 0 Å². The molecule has 0 atom stereocenters. The molecule has 2 heterocycles. The van der Waals surface area contributed by atoms with Crippen molar-refractivity contribution in [3.63, 3.8) is 0 Å². The smallest absolute Gasteiger partial charge is 0.129 e. The van der Waals surface area contributed by atoms with Crippen LogP contribution >= 0.6 is 0 Å². The Morgan fingerprint density at radius 2 is 1.65 bits per heavy atom. The van der Waals surface area contributed by atoms with Gasteiger partial charge in [-0.05, 0) is 17.0 Å². The maximum atomic E-state index is 5.47. The second-order valence-corrected chi connectivity index (χ2v) is 5.91. The van der Waals surface area contributed by atoms with E-state index in [4.69, 9.17) is 9.72 Å². The van der Waals surface area contributed by atoms with Gasteiger partial charge in [0.1, 0.15) is 5.82 Å². The highest BCUT2D eigenvalue weighted by molar-refractivity contribution is 5.87. The summed E-state index contributed by atoms with van der Waals surface area (Å²) in [6.07, 6.45) is 0.861. The van der Waals surface area contributed by atoms with E-state index in [0.29, 0.717) is 0 Å². The van der Waals surface area contributed by atoms with Crippen LogP contribution in [0.2, 0.25) is 0 Å². The molecule has 1 aliphatic heterocycles. The first-order valence-electron chi connectivity index (χ1n) is 8.15. The number of pyridine rings is 1. The zero-order valence-corrected chi connectivity index (χ0v) is 13.1. The maximum Gasteiger partial charge on any atom is 0.129 e. The number of aromatic nitrogens is 1. The van der Waals surface area contributed by atoms with Gasteiger partial charge in [-0.1, -0.05) is 54.6 Å². The Balaban J connectivity index is 1.77. The Kier molecular flexibility index (Phi) is 3.95. The summed E-state index contributed by atoms with van der Waals surface area (Å²) < 4.78 is 5.47. The van der Waals surface area contributed by atoms with E-state index in [1.807, 2.05) is 0 Å². The summed E-state index contributed by atoms with van der Waals surface area (Å²) in [4.78, 5) is 7.31. The van der Waals surface area contributed by atoms with Gasteiger partial charge in [-0.15, -0.1) is 0 Å². The third kappa shape index (κ3) is 3.06. The Morgan fingerprint density at radius 1 is 0.913 bits per heavy atom. The summed E-state index contributed by atoms with van der Waals surface area (Å²) in [5.74, 6) is 1.07. The summed E-state index contributed by atoms with van der Waals surface area (Å²) >= 11 is 0. The molecule has 1 aliphatic rings. The van der Waals surface area contributed by atoms with Crippen molar-refractivity contribution in [2.75, 3.05) is 31.2 Å². The minimum atomic E-state index is 0.780. The third-order valence-corrected chi connectivity index (χ3v) is 4.36.